The molecule has 0 spiro atoms. The van der Waals surface area contributed by atoms with Crippen molar-refractivity contribution in [3.05, 3.63) is 48.6 Å². The van der Waals surface area contributed by atoms with E-state index < -0.39 is 36.5 Å². The van der Waals surface area contributed by atoms with Gasteiger partial charge in [-0.15, -0.1) is 0 Å². The lowest BCUT2D eigenvalue weighted by Crippen LogP contribution is -2.24. The largest absolute Gasteiger partial charge is 0.481 e. The molecule has 0 aromatic heterocycles. The third kappa shape index (κ3) is 10.6. The summed E-state index contributed by atoms with van der Waals surface area (Å²) in [4.78, 5) is 10.5. The van der Waals surface area contributed by atoms with Crippen molar-refractivity contribution in [3.8, 4) is 0 Å². The molecule has 0 aromatic rings. The first-order chi connectivity index (χ1) is 13.4. The van der Waals surface area contributed by atoms with E-state index in [1.807, 2.05) is 12.2 Å². The summed E-state index contributed by atoms with van der Waals surface area (Å²) in [6.45, 7) is 2.08. The highest BCUT2D eigenvalue weighted by Crippen LogP contribution is 2.26. The predicted molar refractivity (Wildman–Crippen MR) is 109 cm³/mol. The number of aliphatic hydroxyl groups is 3. The average molecular weight is 395 g/mol. The van der Waals surface area contributed by atoms with Crippen molar-refractivity contribution in [3.63, 3.8) is 0 Å². The summed E-state index contributed by atoms with van der Waals surface area (Å²) in [5.74, 6) is -0.845. The molecule has 0 amide bonds. The molecule has 4 N–H and O–H groups in total. The van der Waals surface area contributed by atoms with E-state index in [0.717, 1.165) is 12.8 Å². The van der Waals surface area contributed by atoms with E-state index in [1.54, 1.807) is 18.2 Å². The molecule has 1 aliphatic rings. The lowest BCUT2D eigenvalue weighted by molar-refractivity contribution is -0.136. The molecule has 0 aliphatic carbocycles. The Hall–Kier alpha value is -1.73. The number of hydrogen-bond donors (Lipinski definition) is 4. The van der Waals surface area contributed by atoms with Gasteiger partial charge in [-0.1, -0.05) is 55.5 Å². The molecule has 1 saturated heterocycles. The fourth-order valence-electron chi connectivity index (χ4n) is 2.87. The van der Waals surface area contributed by atoms with Gasteiger partial charge in [-0.25, -0.2) is 0 Å². The summed E-state index contributed by atoms with van der Waals surface area (Å²) in [6, 6.07) is 0. The monoisotopic (exact) mass is 394 g/mol. The SMILES string of the molecule is CC/C=C\C/C=C\C[C@H](O)/C=C/[C@@H](O)[C@@H]1C[C@H](O)[C@H](C/C=C\CCC(=O)O)O1. The van der Waals surface area contributed by atoms with Crippen molar-refractivity contribution in [2.45, 2.75) is 82.4 Å². The smallest absolute Gasteiger partial charge is 0.303 e. The number of aliphatic hydroxyl groups excluding tert-OH is 3. The minimum absolute atomic E-state index is 0.0731. The molecule has 0 unspecified atom stereocenters. The van der Waals surface area contributed by atoms with Gasteiger partial charge in [0, 0.05) is 12.8 Å². The fraction of sp³-hybridized carbons (Fsp3) is 0.591. The number of carboxylic acids is 1. The lowest BCUT2D eigenvalue weighted by atomic mass is 10.0. The van der Waals surface area contributed by atoms with Gasteiger partial charge in [0.25, 0.3) is 0 Å². The molecular formula is C22H34O6. The van der Waals surface area contributed by atoms with Crippen LogP contribution in [0.1, 0.15) is 51.9 Å². The van der Waals surface area contributed by atoms with Crippen LogP contribution >= 0.6 is 0 Å². The molecule has 0 aromatic carbocycles. The van der Waals surface area contributed by atoms with Gasteiger partial charge in [-0.2, -0.15) is 0 Å². The van der Waals surface area contributed by atoms with E-state index in [4.69, 9.17) is 9.84 Å². The Balaban J connectivity index is 2.33. The van der Waals surface area contributed by atoms with Crippen molar-refractivity contribution >= 4 is 5.97 Å². The predicted octanol–water partition coefficient (Wildman–Crippen LogP) is 2.90. The number of carbonyl (C=O) groups is 1. The molecule has 0 bridgehead atoms. The van der Waals surface area contributed by atoms with Gasteiger partial charge in [0.05, 0.1) is 30.5 Å². The fourth-order valence-corrected chi connectivity index (χ4v) is 2.87. The highest BCUT2D eigenvalue weighted by molar-refractivity contribution is 5.66. The molecule has 28 heavy (non-hydrogen) atoms. The van der Waals surface area contributed by atoms with E-state index in [0.29, 0.717) is 25.7 Å². The summed E-state index contributed by atoms with van der Waals surface area (Å²) in [5.41, 5.74) is 0. The van der Waals surface area contributed by atoms with Crippen LogP contribution in [0.5, 0.6) is 0 Å². The van der Waals surface area contributed by atoms with E-state index in [-0.39, 0.29) is 6.42 Å². The van der Waals surface area contributed by atoms with Crippen molar-refractivity contribution < 1.29 is 30.0 Å². The molecule has 6 nitrogen and oxygen atoms in total. The summed E-state index contributed by atoms with van der Waals surface area (Å²) >= 11 is 0. The average Bonchev–Trinajstić information content (AvgIpc) is 3.03. The minimum Gasteiger partial charge on any atom is -0.481 e. The molecule has 1 heterocycles. The van der Waals surface area contributed by atoms with E-state index in [2.05, 4.69) is 19.1 Å². The van der Waals surface area contributed by atoms with Gasteiger partial charge in [0.1, 0.15) is 0 Å². The first-order valence-electron chi connectivity index (χ1n) is 9.98. The van der Waals surface area contributed by atoms with Crippen LogP contribution in [0.25, 0.3) is 0 Å². The molecular weight excluding hydrogens is 360 g/mol. The van der Waals surface area contributed by atoms with Crippen LogP contribution in [0.3, 0.4) is 0 Å². The first-order valence-corrected chi connectivity index (χ1v) is 9.98. The second kappa shape index (κ2) is 14.3. The second-order valence-corrected chi connectivity index (χ2v) is 6.92. The van der Waals surface area contributed by atoms with Crippen LogP contribution in [-0.4, -0.2) is 56.9 Å². The van der Waals surface area contributed by atoms with E-state index >= 15 is 0 Å². The summed E-state index contributed by atoms with van der Waals surface area (Å²) in [5, 5.41) is 38.8. The third-order valence-corrected chi connectivity index (χ3v) is 4.44. The van der Waals surface area contributed by atoms with Gasteiger partial charge < -0.3 is 25.2 Å². The molecule has 1 fully saturated rings. The van der Waals surface area contributed by atoms with Gasteiger partial charge in [0.2, 0.25) is 0 Å². The number of ether oxygens (including phenoxy) is 1. The standard InChI is InChI=1S/C22H34O6/c1-2-3-4-5-6-8-11-17(23)14-15-18(24)21-16-19(25)20(28-21)12-9-7-10-13-22(26)27/h3-4,6-9,14-15,17-21,23-25H,2,5,10-13,16H2,1H3,(H,26,27)/b4-3-,8-6-,9-7-,15-14+/t17-,18+,19-,20-,21-/m0/s1. The van der Waals surface area contributed by atoms with Crippen molar-refractivity contribution in [2.75, 3.05) is 0 Å². The third-order valence-electron chi connectivity index (χ3n) is 4.44. The highest BCUT2D eigenvalue weighted by Gasteiger charge is 2.36. The Bertz CT molecular complexity index is 551. The number of hydrogen-bond acceptors (Lipinski definition) is 5. The Kier molecular flexibility index (Phi) is 12.4. The quantitative estimate of drug-likeness (QED) is 0.358. The Labute approximate surface area is 167 Å². The van der Waals surface area contributed by atoms with Gasteiger partial charge in [0.15, 0.2) is 0 Å². The molecule has 0 radical (unpaired) electrons. The van der Waals surface area contributed by atoms with Crippen LogP contribution in [0, 0.1) is 0 Å². The topological polar surface area (TPSA) is 107 Å². The number of allylic oxidation sites excluding steroid dienone is 4. The Morgan fingerprint density at radius 1 is 1.11 bits per heavy atom. The molecule has 0 saturated carbocycles. The van der Waals surface area contributed by atoms with Crippen molar-refractivity contribution in [1.82, 2.24) is 0 Å². The van der Waals surface area contributed by atoms with Crippen LogP contribution in [-0.2, 0) is 9.53 Å². The molecule has 6 heteroatoms. The van der Waals surface area contributed by atoms with Gasteiger partial charge >= 0.3 is 5.97 Å². The molecule has 5 atom stereocenters. The molecule has 1 aliphatic heterocycles. The second-order valence-electron chi connectivity index (χ2n) is 6.92. The van der Waals surface area contributed by atoms with Crippen LogP contribution in [0.15, 0.2) is 48.6 Å². The zero-order valence-electron chi connectivity index (χ0n) is 16.6. The van der Waals surface area contributed by atoms with Crippen molar-refractivity contribution in [1.29, 1.82) is 0 Å². The summed E-state index contributed by atoms with van der Waals surface area (Å²) in [6.07, 6.45) is 15.1. The van der Waals surface area contributed by atoms with Crippen LogP contribution < -0.4 is 0 Å². The minimum atomic E-state index is -0.901. The van der Waals surface area contributed by atoms with E-state index in [1.165, 1.54) is 6.08 Å². The summed E-state index contributed by atoms with van der Waals surface area (Å²) < 4.78 is 5.71. The van der Waals surface area contributed by atoms with Crippen LogP contribution in [0.2, 0.25) is 0 Å². The number of carboxylic acid groups (broad SMARTS) is 1. The van der Waals surface area contributed by atoms with Crippen molar-refractivity contribution in [2.24, 2.45) is 0 Å². The van der Waals surface area contributed by atoms with Gasteiger partial charge in [-0.05, 0) is 32.1 Å². The maximum atomic E-state index is 10.5. The molecule has 1 rings (SSSR count). The normalized spacial score (nSPS) is 25.5. The maximum absolute atomic E-state index is 10.5. The zero-order chi connectivity index (χ0) is 20.8. The first kappa shape index (κ1) is 24.3. The summed E-state index contributed by atoms with van der Waals surface area (Å²) in [7, 11) is 0. The van der Waals surface area contributed by atoms with Crippen LogP contribution in [0.4, 0.5) is 0 Å². The molecule has 158 valence electrons. The zero-order valence-corrected chi connectivity index (χ0v) is 16.6. The lowest BCUT2D eigenvalue weighted by Gasteiger charge is -2.16. The Morgan fingerprint density at radius 3 is 2.57 bits per heavy atom. The Morgan fingerprint density at radius 2 is 1.86 bits per heavy atom. The van der Waals surface area contributed by atoms with Gasteiger partial charge in [-0.3, -0.25) is 4.79 Å². The highest BCUT2D eigenvalue weighted by atomic mass is 16.5. The number of rotatable bonds is 13. The number of aliphatic carboxylic acids is 1. The van der Waals surface area contributed by atoms with E-state index in [9.17, 15) is 20.1 Å². The maximum Gasteiger partial charge on any atom is 0.303 e.